The van der Waals surface area contributed by atoms with Gasteiger partial charge in [-0.05, 0) is 38.8 Å². The molecule has 8 heteroatoms. The van der Waals surface area contributed by atoms with Crippen molar-refractivity contribution in [3.8, 4) is 5.75 Å². The summed E-state index contributed by atoms with van der Waals surface area (Å²) in [6, 6.07) is 8.72. The largest absolute Gasteiger partial charge is 0.487 e. The first kappa shape index (κ1) is 19.0. The number of ether oxygens (including phenoxy) is 1. The standard InChI is InChI=1S/C22H22F2N4O2/c1-22(2)10-16(13-5-3-4-6-18(13)30-22)27-21(29)14-11-25-28-17(19(23)24)9-15(12-7-8-12)26-20(14)28/h3-6,9,11-12,16,19H,7-8,10H2,1-2H3,(H,27,29)/t16-/m0/s1. The van der Waals surface area contributed by atoms with Crippen molar-refractivity contribution < 1.29 is 18.3 Å². The van der Waals surface area contributed by atoms with Crippen molar-refractivity contribution in [3.63, 3.8) is 0 Å². The third kappa shape index (κ3) is 3.30. The van der Waals surface area contributed by atoms with Gasteiger partial charge in [-0.1, -0.05) is 18.2 Å². The number of carbonyl (C=O) groups is 1. The number of aromatic nitrogens is 3. The van der Waals surface area contributed by atoms with E-state index in [1.807, 2.05) is 38.1 Å². The summed E-state index contributed by atoms with van der Waals surface area (Å²) in [5.74, 6) is 0.526. The summed E-state index contributed by atoms with van der Waals surface area (Å²) in [5.41, 5.74) is 1.17. The SMILES string of the molecule is CC1(C)C[C@H](NC(=O)c2cnn3c(C(F)F)cc(C4CC4)nc23)c2ccccc2O1. The van der Waals surface area contributed by atoms with Crippen LogP contribution >= 0.6 is 0 Å². The maximum atomic E-state index is 13.6. The van der Waals surface area contributed by atoms with E-state index in [0.29, 0.717) is 12.1 Å². The van der Waals surface area contributed by atoms with Crippen molar-refractivity contribution in [1.82, 2.24) is 19.9 Å². The molecule has 2 aromatic heterocycles. The lowest BCUT2D eigenvalue weighted by Gasteiger charge is -2.37. The van der Waals surface area contributed by atoms with Crippen LogP contribution in [0, 0.1) is 0 Å². The van der Waals surface area contributed by atoms with E-state index in [2.05, 4.69) is 15.4 Å². The lowest BCUT2D eigenvalue weighted by atomic mass is 9.89. The van der Waals surface area contributed by atoms with Crippen LogP contribution in [0.15, 0.2) is 36.5 Å². The van der Waals surface area contributed by atoms with Crippen molar-refractivity contribution in [2.75, 3.05) is 0 Å². The summed E-state index contributed by atoms with van der Waals surface area (Å²) in [7, 11) is 0. The molecule has 0 unspecified atom stereocenters. The fourth-order valence-electron chi connectivity index (χ4n) is 4.08. The summed E-state index contributed by atoms with van der Waals surface area (Å²) in [5, 5.41) is 7.07. The third-order valence-electron chi connectivity index (χ3n) is 5.66. The molecule has 0 radical (unpaired) electrons. The molecule has 156 valence electrons. The second-order valence-corrected chi connectivity index (χ2v) is 8.60. The number of benzene rings is 1. The first-order valence-corrected chi connectivity index (χ1v) is 10.1. The Morgan fingerprint density at radius 3 is 2.80 bits per heavy atom. The highest BCUT2D eigenvalue weighted by atomic mass is 19.3. The molecule has 1 fully saturated rings. The van der Waals surface area contributed by atoms with Crippen LogP contribution in [0.2, 0.25) is 0 Å². The van der Waals surface area contributed by atoms with Crippen molar-refractivity contribution in [2.45, 2.75) is 57.1 Å². The molecule has 3 heterocycles. The van der Waals surface area contributed by atoms with Gasteiger partial charge in [0.05, 0.1) is 12.2 Å². The number of carbonyl (C=O) groups excluding carboxylic acids is 1. The van der Waals surface area contributed by atoms with E-state index >= 15 is 0 Å². The van der Waals surface area contributed by atoms with Crippen molar-refractivity contribution in [3.05, 3.63) is 59.0 Å². The number of amides is 1. The number of halogens is 2. The van der Waals surface area contributed by atoms with E-state index in [0.717, 1.165) is 28.7 Å². The van der Waals surface area contributed by atoms with Gasteiger partial charge in [0, 0.05) is 23.6 Å². The summed E-state index contributed by atoms with van der Waals surface area (Å²) in [6.07, 6.45) is 1.05. The Labute approximate surface area is 172 Å². The van der Waals surface area contributed by atoms with Gasteiger partial charge in [0.1, 0.15) is 22.6 Å². The molecule has 1 saturated carbocycles. The Bertz CT molecular complexity index is 1140. The van der Waals surface area contributed by atoms with E-state index in [9.17, 15) is 13.6 Å². The van der Waals surface area contributed by atoms with Gasteiger partial charge in [-0.25, -0.2) is 18.3 Å². The highest BCUT2D eigenvalue weighted by molar-refractivity contribution is 6.00. The Hall–Kier alpha value is -3.03. The average Bonchev–Trinajstić information content (AvgIpc) is 3.45. The van der Waals surface area contributed by atoms with Crippen molar-refractivity contribution in [2.24, 2.45) is 0 Å². The zero-order chi connectivity index (χ0) is 21.0. The molecule has 2 aliphatic rings. The molecule has 0 bridgehead atoms. The fourth-order valence-corrected chi connectivity index (χ4v) is 4.08. The van der Waals surface area contributed by atoms with Crippen molar-refractivity contribution >= 4 is 11.6 Å². The van der Waals surface area contributed by atoms with Crippen LogP contribution in [0.1, 0.15) is 78.8 Å². The zero-order valence-electron chi connectivity index (χ0n) is 16.7. The number of nitrogens with zero attached hydrogens (tertiary/aromatic N) is 3. The molecule has 30 heavy (non-hydrogen) atoms. The average molecular weight is 412 g/mol. The normalized spacial score (nSPS) is 20.1. The van der Waals surface area contributed by atoms with Gasteiger partial charge in [-0.2, -0.15) is 5.10 Å². The lowest BCUT2D eigenvalue weighted by molar-refractivity contribution is 0.0620. The third-order valence-corrected chi connectivity index (χ3v) is 5.66. The number of fused-ring (bicyclic) bond motifs is 2. The first-order valence-electron chi connectivity index (χ1n) is 10.1. The molecule has 1 aliphatic carbocycles. The van der Waals surface area contributed by atoms with Gasteiger partial charge in [0.25, 0.3) is 12.3 Å². The molecule has 1 aliphatic heterocycles. The summed E-state index contributed by atoms with van der Waals surface area (Å²) in [4.78, 5) is 17.7. The Morgan fingerprint density at radius 1 is 1.30 bits per heavy atom. The first-order chi connectivity index (χ1) is 14.3. The molecule has 1 amide bonds. The maximum Gasteiger partial charge on any atom is 0.280 e. The molecule has 3 aromatic rings. The Morgan fingerprint density at radius 2 is 2.07 bits per heavy atom. The Balaban J connectivity index is 1.51. The summed E-state index contributed by atoms with van der Waals surface area (Å²) < 4.78 is 34.3. The van der Waals surface area contributed by atoms with E-state index in [1.165, 1.54) is 12.3 Å². The monoisotopic (exact) mass is 412 g/mol. The molecule has 1 atom stereocenters. The van der Waals surface area contributed by atoms with Crippen LogP contribution in [-0.4, -0.2) is 26.1 Å². The molecule has 6 nitrogen and oxygen atoms in total. The topological polar surface area (TPSA) is 68.5 Å². The number of alkyl halides is 2. The van der Waals surface area contributed by atoms with Crippen LogP contribution < -0.4 is 10.1 Å². The van der Waals surface area contributed by atoms with Gasteiger partial charge < -0.3 is 10.1 Å². The number of hydrogen-bond acceptors (Lipinski definition) is 4. The Kier molecular flexibility index (Phi) is 4.27. The van der Waals surface area contributed by atoms with E-state index in [1.54, 1.807) is 0 Å². The van der Waals surface area contributed by atoms with Crippen LogP contribution in [0.3, 0.4) is 0 Å². The molecular weight excluding hydrogens is 390 g/mol. The number of rotatable bonds is 4. The molecular formula is C22H22F2N4O2. The smallest absolute Gasteiger partial charge is 0.280 e. The number of nitrogens with one attached hydrogen (secondary N) is 1. The van der Waals surface area contributed by atoms with Gasteiger partial charge in [-0.3, -0.25) is 4.79 Å². The molecule has 1 aromatic carbocycles. The predicted octanol–water partition coefficient (Wildman–Crippen LogP) is 4.58. The lowest BCUT2D eigenvalue weighted by Crippen LogP contribution is -2.41. The van der Waals surface area contributed by atoms with Crippen LogP contribution in [0.4, 0.5) is 8.78 Å². The van der Waals surface area contributed by atoms with Gasteiger partial charge in [0.15, 0.2) is 5.65 Å². The van der Waals surface area contributed by atoms with Crippen molar-refractivity contribution in [1.29, 1.82) is 0 Å². The second-order valence-electron chi connectivity index (χ2n) is 8.60. The van der Waals surface area contributed by atoms with Crippen LogP contribution in [0.5, 0.6) is 5.75 Å². The quantitative estimate of drug-likeness (QED) is 0.681. The predicted molar refractivity (Wildman–Crippen MR) is 106 cm³/mol. The minimum atomic E-state index is -2.70. The highest BCUT2D eigenvalue weighted by Crippen LogP contribution is 2.41. The number of para-hydroxylation sites is 1. The van der Waals surface area contributed by atoms with E-state index < -0.39 is 12.0 Å². The molecule has 5 rings (SSSR count). The van der Waals surface area contributed by atoms with Gasteiger partial charge in [0.2, 0.25) is 0 Å². The molecule has 0 saturated heterocycles. The highest BCUT2D eigenvalue weighted by Gasteiger charge is 2.35. The second kappa shape index (κ2) is 6.75. The van der Waals surface area contributed by atoms with Crippen LogP contribution in [0.25, 0.3) is 5.65 Å². The summed E-state index contributed by atoms with van der Waals surface area (Å²) >= 11 is 0. The number of hydrogen-bond donors (Lipinski definition) is 1. The fraction of sp³-hybridized carbons (Fsp3) is 0.409. The minimum absolute atomic E-state index is 0.173. The zero-order valence-corrected chi connectivity index (χ0v) is 16.7. The molecule has 1 N–H and O–H groups in total. The maximum absolute atomic E-state index is 13.6. The molecule has 0 spiro atoms. The van der Waals surface area contributed by atoms with Crippen LogP contribution in [-0.2, 0) is 0 Å². The minimum Gasteiger partial charge on any atom is -0.487 e. The summed E-state index contributed by atoms with van der Waals surface area (Å²) in [6.45, 7) is 3.94. The van der Waals surface area contributed by atoms with Gasteiger partial charge in [-0.15, -0.1) is 0 Å². The van der Waals surface area contributed by atoms with Gasteiger partial charge >= 0.3 is 0 Å². The van der Waals surface area contributed by atoms with E-state index in [-0.39, 0.29) is 34.8 Å². The van der Waals surface area contributed by atoms with E-state index in [4.69, 9.17) is 4.74 Å².